The van der Waals surface area contributed by atoms with Crippen LogP contribution in [-0.4, -0.2) is 11.7 Å². The maximum absolute atomic E-state index is 12.2. The van der Waals surface area contributed by atoms with Gasteiger partial charge < -0.3 is 9.47 Å². The number of carbonyl (C=O) groups excluding carboxylic acids is 1. The predicted octanol–water partition coefficient (Wildman–Crippen LogP) is 5.80. The molecule has 0 bridgehead atoms. The van der Waals surface area contributed by atoms with Gasteiger partial charge in [-0.3, -0.25) is 5.32 Å². The minimum Gasteiger partial charge on any atom is -0.487 e. The van der Waals surface area contributed by atoms with Crippen molar-refractivity contribution >= 4 is 11.8 Å². The molecule has 2 aromatic rings. The third kappa shape index (κ3) is 5.01. The van der Waals surface area contributed by atoms with Crippen molar-refractivity contribution in [3.8, 4) is 5.75 Å². The summed E-state index contributed by atoms with van der Waals surface area (Å²) in [5.74, 6) is 1.31. The lowest BCUT2D eigenvalue weighted by atomic mass is 10.0. The Balaban J connectivity index is 1.82. The first-order valence-corrected chi connectivity index (χ1v) is 9.13. The van der Waals surface area contributed by atoms with Crippen molar-refractivity contribution in [3.63, 3.8) is 0 Å². The zero-order chi connectivity index (χ0) is 18.7. The molecule has 3 rings (SSSR count). The summed E-state index contributed by atoms with van der Waals surface area (Å²) in [6, 6.07) is 14.2. The van der Waals surface area contributed by atoms with Gasteiger partial charge in [-0.05, 0) is 69.2 Å². The van der Waals surface area contributed by atoms with Crippen molar-refractivity contribution in [2.24, 2.45) is 0 Å². The van der Waals surface area contributed by atoms with Crippen LogP contribution in [0.3, 0.4) is 0 Å². The third-order valence-corrected chi connectivity index (χ3v) is 4.23. The van der Waals surface area contributed by atoms with E-state index in [9.17, 15) is 4.79 Å². The van der Waals surface area contributed by atoms with E-state index >= 15 is 0 Å². The number of ether oxygens (including phenoxy) is 2. The number of hydrogen-bond donors (Lipinski definition) is 1. The van der Waals surface area contributed by atoms with Gasteiger partial charge in [-0.25, -0.2) is 4.79 Å². The van der Waals surface area contributed by atoms with Crippen LogP contribution in [0.15, 0.2) is 42.5 Å². The van der Waals surface area contributed by atoms with Gasteiger partial charge in [-0.2, -0.15) is 0 Å². The fraction of sp³-hybridized carbons (Fsp3) is 0.409. The van der Waals surface area contributed by atoms with Gasteiger partial charge in [0, 0.05) is 0 Å². The fourth-order valence-electron chi connectivity index (χ4n) is 2.85. The van der Waals surface area contributed by atoms with E-state index in [0.717, 1.165) is 11.1 Å². The second-order valence-electron chi connectivity index (χ2n) is 7.89. The molecule has 0 spiro atoms. The minimum atomic E-state index is -0.545. The van der Waals surface area contributed by atoms with Gasteiger partial charge in [-0.1, -0.05) is 36.4 Å². The lowest BCUT2D eigenvalue weighted by Crippen LogP contribution is -2.27. The molecule has 2 aromatic carbocycles. The molecule has 4 nitrogen and oxygen atoms in total. The number of aryl methyl sites for hydroxylation is 1. The number of amides is 1. The standard InChI is InChI=1S/C22H27NO3/c1-15-12-18(17-10-11-17)13-19(25-14-16-8-6-5-7-9-16)20(15)23-21(24)26-22(2,3)4/h5-9,12-13,17H,10-11,14H2,1-4H3,(H,23,24). The van der Waals surface area contributed by atoms with Crippen molar-refractivity contribution < 1.29 is 14.3 Å². The quantitative estimate of drug-likeness (QED) is 0.739. The summed E-state index contributed by atoms with van der Waals surface area (Å²) in [6.07, 6.45) is 1.97. The monoisotopic (exact) mass is 353 g/mol. The molecule has 1 fully saturated rings. The molecule has 0 aromatic heterocycles. The number of benzene rings is 2. The summed E-state index contributed by atoms with van der Waals surface area (Å²) in [5, 5.41) is 2.87. The molecule has 138 valence electrons. The highest BCUT2D eigenvalue weighted by molar-refractivity contribution is 5.88. The Morgan fingerprint density at radius 2 is 1.85 bits per heavy atom. The van der Waals surface area contributed by atoms with Gasteiger partial charge in [0.25, 0.3) is 0 Å². The SMILES string of the molecule is Cc1cc(C2CC2)cc(OCc2ccccc2)c1NC(=O)OC(C)(C)C. The molecule has 0 atom stereocenters. The van der Waals surface area contributed by atoms with Crippen LogP contribution >= 0.6 is 0 Å². The molecular weight excluding hydrogens is 326 g/mol. The van der Waals surface area contributed by atoms with Crippen LogP contribution in [-0.2, 0) is 11.3 Å². The highest BCUT2D eigenvalue weighted by Crippen LogP contribution is 2.44. The van der Waals surface area contributed by atoms with Crippen molar-refractivity contribution in [2.45, 2.75) is 58.7 Å². The highest BCUT2D eigenvalue weighted by Gasteiger charge is 2.26. The molecule has 0 saturated heterocycles. The first-order chi connectivity index (χ1) is 12.3. The summed E-state index contributed by atoms with van der Waals surface area (Å²) >= 11 is 0. The number of rotatable bonds is 5. The Bertz CT molecular complexity index is 774. The summed E-state index contributed by atoms with van der Waals surface area (Å²) in [7, 11) is 0. The average molecular weight is 353 g/mol. The summed E-state index contributed by atoms with van der Waals surface area (Å²) in [6.45, 7) is 8.00. The molecule has 0 unspecified atom stereocenters. The van der Waals surface area contributed by atoms with E-state index in [1.165, 1.54) is 18.4 Å². The lowest BCUT2D eigenvalue weighted by molar-refractivity contribution is 0.0635. The first kappa shape index (κ1) is 18.3. The van der Waals surface area contributed by atoms with Crippen LogP contribution in [0.1, 0.15) is 56.2 Å². The highest BCUT2D eigenvalue weighted by atomic mass is 16.6. The fourth-order valence-corrected chi connectivity index (χ4v) is 2.85. The van der Waals surface area contributed by atoms with E-state index in [2.05, 4.69) is 17.4 Å². The van der Waals surface area contributed by atoms with E-state index in [0.29, 0.717) is 24.0 Å². The second-order valence-corrected chi connectivity index (χ2v) is 7.89. The van der Waals surface area contributed by atoms with Gasteiger partial charge in [0.2, 0.25) is 0 Å². The molecule has 4 heteroatoms. The van der Waals surface area contributed by atoms with E-state index in [1.807, 2.05) is 58.0 Å². The molecule has 1 saturated carbocycles. The number of nitrogens with one attached hydrogen (secondary N) is 1. The Morgan fingerprint density at radius 1 is 1.15 bits per heavy atom. The van der Waals surface area contributed by atoms with Gasteiger partial charge in [0.15, 0.2) is 0 Å². The molecule has 1 aliphatic rings. The predicted molar refractivity (Wildman–Crippen MR) is 104 cm³/mol. The molecule has 1 amide bonds. The third-order valence-electron chi connectivity index (χ3n) is 4.23. The van der Waals surface area contributed by atoms with E-state index in [-0.39, 0.29) is 0 Å². The Hall–Kier alpha value is -2.49. The van der Waals surface area contributed by atoms with Crippen molar-refractivity contribution in [3.05, 3.63) is 59.2 Å². The molecule has 0 aliphatic heterocycles. The summed E-state index contributed by atoms with van der Waals surface area (Å²) in [4.78, 5) is 12.2. The van der Waals surface area contributed by atoms with Gasteiger partial charge in [-0.15, -0.1) is 0 Å². The zero-order valence-corrected chi connectivity index (χ0v) is 16.0. The van der Waals surface area contributed by atoms with Gasteiger partial charge in [0.05, 0.1) is 5.69 Å². The number of anilines is 1. The molecule has 0 heterocycles. The number of carbonyl (C=O) groups is 1. The molecular formula is C22H27NO3. The first-order valence-electron chi connectivity index (χ1n) is 9.13. The van der Waals surface area contributed by atoms with Crippen LogP contribution in [0.4, 0.5) is 10.5 Å². The van der Waals surface area contributed by atoms with Gasteiger partial charge >= 0.3 is 6.09 Å². The normalized spacial score (nSPS) is 14.0. The van der Waals surface area contributed by atoms with Gasteiger partial charge in [0.1, 0.15) is 18.0 Å². The molecule has 26 heavy (non-hydrogen) atoms. The smallest absolute Gasteiger partial charge is 0.412 e. The maximum Gasteiger partial charge on any atom is 0.412 e. The lowest BCUT2D eigenvalue weighted by Gasteiger charge is -2.22. The van der Waals surface area contributed by atoms with Crippen LogP contribution in [0.2, 0.25) is 0 Å². The molecule has 1 N–H and O–H groups in total. The van der Waals surface area contributed by atoms with Crippen LogP contribution in [0.5, 0.6) is 5.75 Å². The summed E-state index contributed by atoms with van der Waals surface area (Å²) < 4.78 is 11.5. The zero-order valence-electron chi connectivity index (χ0n) is 16.0. The largest absolute Gasteiger partial charge is 0.487 e. The number of hydrogen-bond acceptors (Lipinski definition) is 3. The van der Waals surface area contributed by atoms with E-state index in [1.54, 1.807) is 0 Å². The topological polar surface area (TPSA) is 47.6 Å². The van der Waals surface area contributed by atoms with Crippen LogP contribution in [0, 0.1) is 6.92 Å². The van der Waals surface area contributed by atoms with E-state index in [4.69, 9.17) is 9.47 Å². The minimum absolute atomic E-state index is 0.456. The van der Waals surface area contributed by atoms with Crippen LogP contribution in [0.25, 0.3) is 0 Å². The maximum atomic E-state index is 12.2. The van der Waals surface area contributed by atoms with Crippen molar-refractivity contribution in [2.75, 3.05) is 5.32 Å². The Morgan fingerprint density at radius 3 is 2.46 bits per heavy atom. The van der Waals surface area contributed by atoms with Crippen LogP contribution < -0.4 is 10.1 Å². The Labute approximate surface area is 155 Å². The summed E-state index contributed by atoms with van der Waals surface area (Å²) in [5.41, 5.74) is 3.49. The van der Waals surface area contributed by atoms with Crippen molar-refractivity contribution in [1.29, 1.82) is 0 Å². The second kappa shape index (κ2) is 7.40. The molecule has 1 aliphatic carbocycles. The van der Waals surface area contributed by atoms with E-state index < -0.39 is 11.7 Å². The Kier molecular flexibility index (Phi) is 5.21. The van der Waals surface area contributed by atoms with Crippen molar-refractivity contribution in [1.82, 2.24) is 0 Å². The average Bonchev–Trinajstić information content (AvgIpc) is 3.39. The molecule has 0 radical (unpaired) electrons.